The highest BCUT2D eigenvalue weighted by molar-refractivity contribution is 9.10. The Bertz CT molecular complexity index is 310. The fraction of sp³-hybridized carbons (Fsp3) is 0.583. The lowest BCUT2D eigenvalue weighted by molar-refractivity contribution is 0.420. The third-order valence-electron chi connectivity index (χ3n) is 3.29. The molecule has 0 spiro atoms. The van der Waals surface area contributed by atoms with Crippen LogP contribution in [-0.2, 0) is 6.42 Å². The molecule has 0 radical (unpaired) electrons. The van der Waals surface area contributed by atoms with Crippen LogP contribution in [0.1, 0.15) is 25.0 Å². The summed E-state index contributed by atoms with van der Waals surface area (Å²) in [6.45, 7) is 0. The minimum absolute atomic E-state index is 0.690. The van der Waals surface area contributed by atoms with Gasteiger partial charge in [0, 0.05) is 22.4 Å². The number of hydrogen-bond acceptors (Lipinski definition) is 2. The lowest BCUT2D eigenvalue weighted by atomic mass is 9.97. The lowest BCUT2D eigenvalue weighted by Crippen LogP contribution is -2.30. The monoisotopic (exact) mass is 268 g/mol. The van der Waals surface area contributed by atoms with Crippen molar-refractivity contribution >= 4 is 15.9 Å². The average molecular weight is 269 g/mol. The zero-order valence-electron chi connectivity index (χ0n) is 9.04. The molecule has 2 nitrogen and oxygen atoms in total. The van der Waals surface area contributed by atoms with Crippen molar-refractivity contribution in [2.45, 2.75) is 31.7 Å². The molecule has 2 rings (SSSR count). The Labute approximate surface area is 99.6 Å². The van der Waals surface area contributed by atoms with Gasteiger partial charge in [0.05, 0.1) is 0 Å². The molecule has 1 aliphatic rings. The summed E-state index contributed by atoms with van der Waals surface area (Å²) in [6.07, 6.45) is 7.01. The van der Waals surface area contributed by atoms with Gasteiger partial charge in [0.1, 0.15) is 0 Å². The quantitative estimate of drug-likeness (QED) is 0.912. The standard InChI is InChI=1S/C12H17BrN2/c1-14-12-4-2-3-9(12)7-11-6-5-10(13)8-15-11/h5-6,8-9,12,14H,2-4,7H2,1H3. The molecule has 1 heterocycles. The number of halogens is 1. The van der Waals surface area contributed by atoms with Gasteiger partial charge in [0.2, 0.25) is 0 Å². The molecule has 0 saturated heterocycles. The highest BCUT2D eigenvalue weighted by Crippen LogP contribution is 2.28. The van der Waals surface area contributed by atoms with Gasteiger partial charge < -0.3 is 5.32 Å². The minimum Gasteiger partial charge on any atom is -0.317 e. The van der Waals surface area contributed by atoms with Crippen LogP contribution < -0.4 is 5.32 Å². The van der Waals surface area contributed by atoms with E-state index >= 15 is 0 Å². The van der Waals surface area contributed by atoms with E-state index in [9.17, 15) is 0 Å². The lowest BCUT2D eigenvalue weighted by Gasteiger charge is -2.18. The molecule has 1 N–H and O–H groups in total. The number of pyridine rings is 1. The average Bonchev–Trinajstić information content (AvgIpc) is 2.69. The van der Waals surface area contributed by atoms with Crippen LogP contribution in [0.25, 0.3) is 0 Å². The van der Waals surface area contributed by atoms with Gasteiger partial charge in [0.25, 0.3) is 0 Å². The van der Waals surface area contributed by atoms with Gasteiger partial charge in [-0.1, -0.05) is 6.42 Å². The molecule has 0 aromatic carbocycles. The van der Waals surface area contributed by atoms with E-state index in [-0.39, 0.29) is 0 Å². The van der Waals surface area contributed by atoms with E-state index in [4.69, 9.17) is 0 Å². The SMILES string of the molecule is CNC1CCCC1Cc1ccc(Br)cn1. The molecule has 3 heteroatoms. The Morgan fingerprint density at radius 3 is 3.00 bits per heavy atom. The van der Waals surface area contributed by atoms with E-state index < -0.39 is 0 Å². The van der Waals surface area contributed by atoms with E-state index in [1.165, 1.54) is 25.0 Å². The number of nitrogens with zero attached hydrogens (tertiary/aromatic N) is 1. The zero-order chi connectivity index (χ0) is 10.7. The predicted octanol–water partition coefficient (Wildman–Crippen LogP) is 2.77. The summed E-state index contributed by atoms with van der Waals surface area (Å²) in [7, 11) is 2.07. The second-order valence-corrected chi connectivity index (χ2v) is 5.17. The predicted molar refractivity (Wildman–Crippen MR) is 65.8 cm³/mol. The number of rotatable bonds is 3. The van der Waals surface area contributed by atoms with Crippen molar-refractivity contribution in [3.63, 3.8) is 0 Å². The summed E-state index contributed by atoms with van der Waals surface area (Å²) in [5, 5.41) is 3.41. The van der Waals surface area contributed by atoms with Gasteiger partial charge in [0.15, 0.2) is 0 Å². The number of aromatic nitrogens is 1. The van der Waals surface area contributed by atoms with E-state index in [2.05, 4.69) is 45.4 Å². The molecular formula is C12H17BrN2. The summed E-state index contributed by atoms with van der Waals surface area (Å²) in [6, 6.07) is 4.89. The first-order chi connectivity index (χ1) is 7.29. The van der Waals surface area contributed by atoms with Gasteiger partial charge in [-0.2, -0.15) is 0 Å². The van der Waals surface area contributed by atoms with Crippen molar-refractivity contribution in [2.24, 2.45) is 5.92 Å². The van der Waals surface area contributed by atoms with Crippen molar-refractivity contribution in [2.75, 3.05) is 7.05 Å². The van der Waals surface area contributed by atoms with Gasteiger partial charge >= 0.3 is 0 Å². The van der Waals surface area contributed by atoms with Crippen LogP contribution in [0.15, 0.2) is 22.8 Å². The molecule has 0 amide bonds. The van der Waals surface area contributed by atoms with Crippen LogP contribution in [-0.4, -0.2) is 18.1 Å². The maximum absolute atomic E-state index is 4.44. The topological polar surface area (TPSA) is 24.9 Å². The van der Waals surface area contributed by atoms with Gasteiger partial charge in [-0.15, -0.1) is 0 Å². The third kappa shape index (κ3) is 2.79. The molecule has 1 saturated carbocycles. The molecule has 2 atom stereocenters. The maximum Gasteiger partial charge on any atom is 0.0413 e. The fourth-order valence-corrected chi connectivity index (χ4v) is 2.69. The first-order valence-electron chi connectivity index (χ1n) is 5.57. The molecule has 1 aromatic rings. The molecule has 1 aromatic heterocycles. The normalized spacial score (nSPS) is 25.7. The zero-order valence-corrected chi connectivity index (χ0v) is 10.6. The molecule has 82 valence electrons. The van der Waals surface area contributed by atoms with Crippen molar-refractivity contribution in [1.82, 2.24) is 10.3 Å². The van der Waals surface area contributed by atoms with E-state index in [1.807, 2.05) is 6.20 Å². The highest BCUT2D eigenvalue weighted by atomic mass is 79.9. The molecule has 1 fully saturated rings. The summed E-state index contributed by atoms with van der Waals surface area (Å²) in [4.78, 5) is 4.44. The van der Waals surface area contributed by atoms with Crippen LogP contribution in [0.4, 0.5) is 0 Å². The molecule has 0 aliphatic heterocycles. The van der Waals surface area contributed by atoms with Crippen molar-refractivity contribution in [3.05, 3.63) is 28.5 Å². The van der Waals surface area contributed by atoms with Crippen molar-refractivity contribution in [1.29, 1.82) is 0 Å². The van der Waals surface area contributed by atoms with Gasteiger partial charge in [-0.3, -0.25) is 4.98 Å². The van der Waals surface area contributed by atoms with Crippen molar-refractivity contribution < 1.29 is 0 Å². The van der Waals surface area contributed by atoms with Crippen LogP contribution in [0, 0.1) is 5.92 Å². The smallest absolute Gasteiger partial charge is 0.0413 e. The second-order valence-electron chi connectivity index (χ2n) is 4.26. The molecule has 15 heavy (non-hydrogen) atoms. The Morgan fingerprint density at radius 2 is 2.33 bits per heavy atom. The molecular weight excluding hydrogens is 252 g/mol. The summed E-state index contributed by atoms with van der Waals surface area (Å²) < 4.78 is 1.06. The molecule has 0 bridgehead atoms. The van der Waals surface area contributed by atoms with Gasteiger partial charge in [-0.05, 0) is 60.3 Å². The summed E-state index contributed by atoms with van der Waals surface area (Å²) in [5.74, 6) is 0.767. The van der Waals surface area contributed by atoms with E-state index in [0.29, 0.717) is 6.04 Å². The van der Waals surface area contributed by atoms with Crippen LogP contribution in [0.2, 0.25) is 0 Å². The highest BCUT2D eigenvalue weighted by Gasteiger charge is 2.25. The maximum atomic E-state index is 4.44. The van der Waals surface area contributed by atoms with E-state index in [1.54, 1.807) is 0 Å². The summed E-state index contributed by atoms with van der Waals surface area (Å²) >= 11 is 3.41. The Morgan fingerprint density at radius 1 is 1.47 bits per heavy atom. The number of hydrogen-bond donors (Lipinski definition) is 1. The Balaban J connectivity index is 1.99. The minimum atomic E-state index is 0.690. The second kappa shape index (κ2) is 5.08. The van der Waals surface area contributed by atoms with Gasteiger partial charge in [-0.25, -0.2) is 0 Å². The van der Waals surface area contributed by atoms with E-state index in [0.717, 1.165) is 16.8 Å². The summed E-state index contributed by atoms with van der Waals surface area (Å²) in [5.41, 5.74) is 1.21. The van der Waals surface area contributed by atoms with Crippen molar-refractivity contribution in [3.8, 4) is 0 Å². The Hall–Kier alpha value is -0.410. The number of nitrogens with one attached hydrogen (secondary N) is 1. The fourth-order valence-electron chi connectivity index (χ4n) is 2.46. The van der Waals surface area contributed by atoms with Crippen LogP contribution in [0.3, 0.4) is 0 Å². The third-order valence-corrected chi connectivity index (χ3v) is 3.76. The molecule has 2 unspecified atom stereocenters. The largest absolute Gasteiger partial charge is 0.317 e. The Kier molecular flexibility index (Phi) is 3.76. The van der Waals surface area contributed by atoms with Crippen LogP contribution in [0.5, 0.6) is 0 Å². The first-order valence-corrected chi connectivity index (χ1v) is 6.36. The molecule has 1 aliphatic carbocycles. The first kappa shape index (κ1) is 11.1. The van der Waals surface area contributed by atoms with Crippen LogP contribution >= 0.6 is 15.9 Å².